The van der Waals surface area contributed by atoms with E-state index in [1.807, 2.05) is 62.4 Å². The fraction of sp³-hybridized carbons (Fsp3) is 0.320. The van der Waals surface area contributed by atoms with Gasteiger partial charge in [-0.05, 0) is 44.5 Å². The van der Waals surface area contributed by atoms with Gasteiger partial charge in [0, 0.05) is 24.7 Å². The highest BCUT2D eigenvalue weighted by molar-refractivity contribution is 5.88. The summed E-state index contributed by atoms with van der Waals surface area (Å²) >= 11 is 0. The van der Waals surface area contributed by atoms with Crippen molar-refractivity contribution < 1.29 is 14.2 Å². The molecule has 0 atom stereocenters. The number of para-hydroxylation sites is 1. The quantitative estimate of drug-likeness (QED) is 0.452. The lowest BCUT2D eigenvalue weighted by Gasteiger charge is -2.14. The van der Waals surface area contributed by atoms with E-state index in [1.165, 1.54) is 0 Å². The molecular formula is C25H31NO3. The number of aromatic nitrogens is 1. The highest BCUT2D eigenvalue weighted by atomic mass is 16.5. The zero-order valence-corrected chi connectivity index (χ0v) is 17.9. The van der Waals surface area contributed by atoms with Gasteiger partial charge in [0.25, 0.3) is 0 Å². The molecule has 0 aliphatic heterocycles. The lowest BCUT2D eigenvalue weighted by atomic mass is 10.1. The molecule has 0 aliphatic carbocycles. The third kappa shape index (κ3) is 7.00. The first-order valence-corrected chi connectivity index (χ1v) is 9.96. The molecule has 3 rings (SSSR count). The highest BCUT2D eigenvalue weighted by Gasteiger charge is 2.11. The molecule has 0 saturated heterocycles. The van der Waals surface area contributed by atoms with Gasteiger partial charge in [-0.25, -0.2) is 4.98 Å². The van der Waals surface area contributed by atoms with Crippen molar-refractivity contribution in [1.29, 1.82) is 0 Å². The third-order valence-electron chi connectivity index (χ3n) is 4.30. The zero-order valence-electron chi connectivity index (χ0n) is 17.9. The second-order valence-corrected chi connectivity index (χ2v) is 6.43. The van der Waals surface area contributed by atoms with Crippen molar-refractivity contribution in [2.45, 2.75) is 27.4 Å². The van der Waals surface area contributed by atoms with Crippen LogP contribution in [-0.2, 0) is 16.1 Å². The zero-order chi connectivity index (χ0) is 20.9. The van der Waals surface area contributed by atoms with Crippen LogP contribution in [0, 0.1) is 6.92 Å². The molecule has 0 amide bonds. The molecule has 4 heteroatoms. The number of hydrogen-bond donors (Lipinski definition) is 0. The van der Waals surface area contributed by atoms with E-state index in [4.69, 9.17) is 19.2 Å². The molecule has 1 aromatic heterocycles. The molecule has 0 spiro atoms. The van der Waals surface area contributed by atoms with Crippen LogP contribution in [0.2, 0.25) is 0 Å². The number of allylic oxidation sites excluding steroid dienone is 1. The van der Waals surface area contributed by atoms with Gasteiger partial charge in [0.2, 0.25) is 0 Å². The van der Waals surface area contributed by atoms with E-state index in [0.717, 1.165) is 40.1 Å². The molecule has 1 heterocycles. The number of pyridine rings is 1. The number of methoxy groups -OCH3 is 1. The second kappa shape index (κ2) is 12.7. The minimum Gasteiger partial charge on any atom is -0.488 e. The van der Waals surface area contributed by atoms with E-state index >= 15 is 0 Å². The smallest absolute Gasteiger partial charge is 0.134 e. The Morgan fingerprint density at radius 3 is 2.38 bits per heavy atom. The van der Waals surface area contributed by atoms with Crippen LogP contribution in [0.25, 0.3) is 17.0 Å². The lowest BCUT2D eigenvalue weighted by Crippen LogP contribution is -2.00. The molecular weight excluding hydrogens is 362 g/mol. The van der Waals surface area contributed by atoms with E-state index < -0.39 is 0 Å². The fourth-order valence-corrected chi connectivity index (χ4v) is 2.82. The van der Waals surface area contributed by atoms with E-state index in [1.54, 1.807) is 7.11 Å². The number of fused-ring (bicyclic) bond motifs is 1. The molecule has 0 fully saturated rings. The lowest BCUT2D eigenvalue weighted by molar-refractivity contribution is 0.0777. The van der Waals surface area contributed by atoms with Gasteiger partial charge in [-0.3, -0.25) is 0 Å². The Bertz CT molecular complexity index is 887. The van der Waals surface area contributed by atoms with Gasteiger partial charge < -0.3 is 14.2 Å². The first-order valence-electron chi connectivity index (χ1n) is 9.96. The summed E-state index contributed by atoms with van der Waals surface area (Å²) < 4.78 is 15.8. The molecule has 0 saturated carbocycles. The van der Waals surface area contributed by atoms with Gasteiger partial charge >= 0.3 is 0 Å². The molecule has 3 aromatic rings. The topological polar surface area (TPSA) is 40.6 Å². The SMILES string of the molecule is C/C=C/c1nc2ccccc2c(OCc2ccccc2)c1C.CCOCCOC. The minimum atomic E-state index is 0.560. The summed E-state index contributed by atoms with van der Waals surface area (Å²) in [6, 6.07) is 18.3. The summed E-state index contributed by atoms with van der Waals surface area (Å²) in [6.07, 6.45) is 4.03. The Morgan fingerprint density at radius 1 is 0.966 bits per heavy atom. The van der Waals surface area contributed by atoms with Crippen molar-refractivity contribution in [3.63, 3.8) is 0 Å². The maximum atomic E-state index is 6.15. The van der Waals surface area contributed by atoms with Gasteiger partial charge in [-0.2, -0.15) is 0 Å². The van der Waals surface area contributed by atoms with Gasteiger partial charge in [0.05, 0.1) is 24.4 Å². The van der Waals surface area contributed by atoms with Gasteiger partial charge in [0.1, 0.15) is 12.4 Å². The van der Waals surface area contributed by atoms with Crippen LogP contribution in [0.15, 0.2) is 60.7 Å². The maximum Gasteiger partial charge on any atom is 0.134 e. The van der Waals surface area contributed by atoms with Crippen LogP contribution >= 0.6 is 0 Å². The summed E-state index contributed by atoms with van der Waals surface area (Å²) in [7, 11) is 1.67. The Labute approximate surface area is 174 Å². The molecule has 0 bridgehead atoms. The van der Waals surface area contributed by atoms with Crippen molar-refractivity contribution in [2.24, 2.45) is 0 Å². The van der Waals surface area contributed by atoms with Crippen molar-refractivity contribution in [2.75, 3.05) is 26.9 Å². The van der Waals surface area contributed by atoms with Crippen LogP contribution in [0.4, 0.5) is 0 Å². The van der Waals surface area contributed by atoms with Crippen molar-refractivity contribution in [3.8, 4) is 5.75 Å². The molecule has 4 nitrogen and oxygen atoms in total. The average molecular weight is 394 g/mol. The minimum absolute atomic E-state index is 0.560. The number of benzene rings is 2. The van der Waals surface area contributed by atoms with E-state index in [-0.39, 0.29) is 0 Å². The molecule has 0 unspecified atom stereocenters. The second-order valence-electron chi connectivity index (χ2n) is 6.43. The van der Waals surface area contributed by atoms with Crippen molar-refractivity contribution in [1.82, 2.24) is 4.98 Å². The largest absolute Gasteiger partial charge is 0.488 e. The number of hydrogen-bond acceptors (Lipinski definition) is 4. The van der Waals surface area contributed by atoms with Crippen LogP contribution < -0.4 is 4.74 Å². The first kappa shape index (κ1) is 22.6. The average Bonchev–Trinajstić information content (AvgIpc) is 2.75. The highest BCUT2D eigenvalue weighted by Crippen LogP contribution is 2.31. The first-order chi connectivity index (χ1) is 14.2. The molecule has 2 aromatic carbocycles. The number of rotatable bonds is 8. The van der Waals surface area contributed by atoms with E-state index in [2.05, 4.69) is 25.1 Å². The van der Waals surface area contributed by atoms with Crippen LogP contribution in [-0.4, -0.2) is 31.9 Å². The van der Waals surface area contributed by atoms with Gasteiger partial charge in [0.15, 0.2) is 0 Å². The molecule has 29 heavy (non-hydrogen) atoms. The Kier molecular flexibility index (Phi) is 9.90. The van der Waals surface area contributed by atoms with Crippen LogP contribution in [0.3, 0.4) is 0 Å². The normalized spacial score (nSPS) is 10.8. The third-order valence-corrected chi connectivity index (χ3v) is 4.30. The fourth-order valence-electron chi connectivity index (χ4n) is 2.82. The Hall–Kier alpha value is -2.69. The Morgan fingerprint density at radius 2 is 1.69 bits per heavy atom. The summed E-state index contributed by atoms with van der Waals surface area (Å²) in [6.45, 7) is 8.79. The molecule has 154 valence electrons. The van der Waals surface area contributed by atoms with Gasteiger partial charge in [-0.15, -0.1) is 0 Å². The molecule has 0 N–H and O–H groups in total. The summed E-state index contributed by atoms with van der Waals surface area (Å²) in [5, 5.41) is 1.06. The molecule has 0 aliphatic rings. The predicted octanol–water partition coefficient (Wildman–Crippen LogP) is 5.82. The Balaban J connectivity index is 0.000000370. The summed E-state index contributed by atoms with van der Waals surface area (Å²) in [5.41, 5.74) is 4.16. The number of ether oxygens (including phenoxy) is 3. The van der Waals surface area contributed by atoms with Crippen LogP contribution in [0.5, 0.6) is 5.75 Å². The summed E-state index contributed by atoms with van der Waals surface area (Å²) in [4.78, 5) is 4.71. The van der Waals surface area contributed by atoms with Gasteiger partial charge in [-0.1, -0.05) is 48.5 Å². The summed E-state index contributed by atoms with van der Waals surface area (Å²) in [5.74, 6) is 0.919. The van der Waals surface area contributed by atoms with Crippen molar-refractivity contribution >= 4 is 17.0 Å². The molecule has 0 radical (unpaired) electrons. The maximum absolute atomic E-state index is 6.15. The standard InChI is InChI=1S/C20H19NO.C5H12O2/c1-3-9-18-15(2)20(17-12-7-8-13-19(17)21-18)22-14-16-10-5-4-6-11-16;1-3-7-5-4-6-2/h3-13H,14H2,1-2H3;3-5H2,1-2H3/b9-3+;. The van der Waals surface area contributed by atoms with E-state index in [9.17, 15) is 0 Å². The number of nitrogens with zero attached hydrogens (tertiary/aromatic N) is 1. The van der Waals surface area contributed by atoms with Crippen LogP contribution in [0.1, 0.15) is 30.7 Å². The predicted molar refractivity (Wildman–Crippen MR) is 120 cm³/mol. The monoisotopic (exact) mass is 393 g/mol. The van der Waals surface area contributed by atoms with E-state index in [0.29, 0.717) is 19.8 Å². The van der Waals surface area contributed by atoms with Crippen molar-refractivity contribution in [3.05, 3.63) is 77.5 Å².